The number of carbonyl (C=O) groups is 1. The van der Waals surface area contributed by atoms with Crippen molar-refractivity contribution in [3.8, 4) is 11.5 Å². The van der Waals surface area contributed by atoms with E-state index < -0.39 is 0 Å². The number of likely N-dealkylation sites (tertiary alicyclic amines) is 1. The molecule has 1 N–H and O–H groups in total. The zero-order valence-corrected chi connectivity index (χ0v) is 15.1. The molecule has 5 nitrogen and oxygen atoms in total. The highest BCUT2D eigenvalue weighted by Gasteiger charge is 2.26. The van der Waals surface area contributed by atoms with Gasteiger partial charge in [0.25, 0.3) is 5.91 Å². The maximum Gasteiger partial charge on any atom is 0.260 e. The van der Waals surface area contributed by atoms with Crippen LogP contribution in [0.15, 0.2) is 48.5 Å². The molecule has 0 radical (unpaired) electrons. The fourth-order valence-electron chi connectivity index (χ4n) is 3.27. The first-order valence-corrected chi connectivity index (χ1v) is 8.91. The van der Waals surface area contributed by atoms with E-state index in [2.05, 4.69) is 12.1 Å². The van der Waals surface area contributed by atoms with Crippen LogP contribution in [0.25, 0.3) is 0 Å². The standard InChI is InChI=1S/C21H25NO4/c1-25-19-3-2-4-20(12-19)26-15-21(24)22-10-9-18(13-22)11-16-5-7-17(14-23)8-6-16/h2-8,12,18,23H,9-11,13-15H2,1H3/t18-/m1/s1. The lowest BCUT2D eigenvalue weighted by Gasteiger charge is -2.17. The van der Waals surface area contributed by atoms with Gasteiger partial charge >= 0.3 is 0 Å². The molecule has 138 valence electrons. The van der Waals surface area contributed by atoms with Crippen molar-refractivity contribution in [1.29, 1.82) is 0 Å². The highest BCUT2D eigenvalue weighted by atomic mass is 16.5. The molecule has 0 spiro atoms. The Morgan fingerprint density at radius 1 is 1.15 bits per heavy atom. The van der Waals surface area contributed by atoms with Crippen molar-refractivity contribution in [2.45, 2.75) is 19.4 Å². The van der Waals surface area contributed by atoms with Gasteiger partial charge in [0.15, 0.2) is 6.61 Å². The summed E-state index contributed by atoms with van der Waals surface area (Å²) in [6.07, 6.45) is 1.96. The number of rotatable bonds is 7. The van der Waals surface area contributed by atoms with Gasteiger partial charge in [-0.25, -0.2) is 0 Å². The van der Waals surface area contributed by atoms with Crippen molar-refractivity contribution in [3.63, 3.8) is 0 Å². The molecule has 0 aromatic heterocycles. The van der Waals surface area contributed by atoms with Gasteiger partial charge < -0.3 is 19.5 Å². The average Bonchev–Trinajstić information content (AvgIpc) is 3.15. The van der Waals surface area contributed by atoms with E-state index in [0.29, 0.717) is 17.4 Å². The van der Waals surface area contributed by atoms with Crippen LogP contribution >= 0.6 is 0 Å². The summed E-state index contributed by atoms with van der Waals surface area (Å²) in [5.74, 6) is 1.84. The van der Waals surface area contributed by atoms with Gasteiger partial charge in [-0.2, -0.15) is 0 Å². The zero-order chi connectivity index (χ0) is 18.4. The highest BCUT2D eigenvalue weighted by Crippen LogP contribution is 2.22. The third-order valence-corrected chi connectivity index (χ3v) is 4.77. The Bertz CT molecular complexity index is 729. The fraction of sp³-hybridized carbons (Fsp3) is 0.381. The molecule has 1 atom stereocenters. The summed E-state index contributed by atoms with van der Waals surface area (Å²) < 4.78 is 10.8. The second-order valence-corrected chi connectivity index (χ2v) is 6.64. The number of carbonyl (C=O) groups excluding carboxylic acids is 1. The van der Waals surface area contributed by atoms with E-state index in [9.17, 15) is 4.79 Å². The van der Waals surface area contributed by atoms with Gasteiger partial charge in [-0.1, -0.05) is 30.3 Å². The van der Waals surface area contributed by atoms with Crippen LogP contribution in [-0.2, 0) is 17.8 Å². The normalized spacial score (nSPS) is 16.5. The van der Waals surface area contributed by atoms with Crippen LogP contribution in [0.5, 0.6) is 11.5 Å². The van der Waals surface area contributed by atoms with E-state index >= 15 is 0 Å². The van der Waals surface area contributed by atoms with Gasteiger partial charge in [-0.15, -0.1) is 0 Å². The van der Waals surface area contributed by atoms with Gasteiger partial charge in [0.1, 0.15) is 11.5 Å². The van der Waals surface area contributed by atoms with Gasteiger partial charge in [0, 0.05) is 19.2 Å². The van der Waals surface area contributed by atoms with Crippen molar-refractivity contribution in [2.75, 3.05) is 26.8 Å². The van der Waals surface area contributed by atoms with Crippen molar-refractivity contribution in [3.05, 3.63) is 59.7 Å². The van der Waals surface area contributed by atoms with E-state index in [0.717, 1.165) is 31.5 Å². The Morgan fingerprint density at radius 2 is 1.88 bits per heavy atom. The summed E-state index contributed by atoms with van der Waals surface area (Å²) >= 11 is 0. The number of aliphatic hydroxyl groups is 1. The van der Waals surface area contributed by atoms with Gasteiger partial charge in [-0.05, 0) is 42.0 Å². The lowest BCUT2D eigenvalue weighted by atomic mass is 9.98. The number of aliphatic hydroxyl groups excluding tert-OH is 1. The highest BCUT2D eigenvalue weighted by molar-refractivity contribution is 5.78. The first-order chi connectivity index (χ1) is 12.7. The first-order valence-electron chi connectivity index (χ1n) is 8.91. The molecular weight excluding hydrogens is 330 g/mol. The molecule has 1 aliphatic rings. The van der Waals surface area contributed by atoms with Crippen molar-refractivity contribution < 1.29 is 19.4 Å². The van der Waals surface area contributed by atoms with Crippen molar-refractivity contribution >= 4 is 5.91 Å². The van der Waals surface area contributed by atoms with Crippen LogP contribution in [0.2, 0.25) is 0 Å². The Balaban J connectivity index is 1.47. The summed E-state index contributed by atoms with van der Waals surface area (Å²) in [6, 6.07) is 15.3. The molecule has 0 saturated carbocycles. The minimum absolute atomic E-state index is 0.0194. The Morgan fingerprint density at radius 3 is 2.62 bits per heavy atom. The molecule has 0 aliphatic carbocycles. The molecule has 1 saturated heterocycles. The van der Waals surface area contributed by atoms with E-state index in [1.165, 1.54) is 5.56 Å². The van der Waals surface area contributed by atoms with E-state index in [1.54, 1.807) is 13.2 Å². The maximum absolute atomic E-state index is 12.4. The molecule has 3 rings (SSSR count). The SMILES string of the molecule is COc1cccc(OCC(=O)N2CC[C@H](Cc3ccc(CO)cc3)C2)c1. The zero-order valence-electron chi connectivity index (χ0n) is 15.1. The summed E-state index contributed by atoms with van der Waals surface area (Å²) in [6.45, 7) is 1.66. The number of nitrogens with zero attached hydrogens (tertiary/aromatic N) is 1. The first kappa shape index (κ1) is 18.3. The molecule has 1 aliphatic heterocycles. The Kier molecular flexibility index (Phi) is 6.12. The predicted molar refractivity (Wildman–Crippen MR) is 99.2 cm³/mol. The molecule has 26 heavy (non-hydrogen) atoms. The van der Waals surface area contributed by atoms with Crippen LogP contribution < -0.4 is 9.47 Å². The maximum atomic E-state index is 12.4. The van der Waals surface area contributed by atoms with Crippen LogP contribution in [0, 0.1) is 5.92 Å². The number of benzene rings is 2. The number of hydrogen-bond donors (Lipinski definition) is 1. The molecule has 1 fully saturated rings. The quantitative estimate of drug-likeness (QED) is 0.830. The largest absolute Gasteiger partial charge is 0.497 e. The smallest absolute Gasteiger partial charge is 0.260 e. The average molecular weight is 355 g/mol. The third kappa shape index (κ3) is 4.76. The molecule has 0 unspecified atom stereocenters. The molecular formula is C21H25NO4. The lowest BCUT2D eigenvalue weighted by Crippen LogP contribution is -2.33. The Hall–Kier alpha value is -2.53. The van der Waals surface area contributed by atoms with Crippen LogP contribution in [0.1, 0.15) is 17.5 Å². The molecule has 2 aromatic carbocycles. The van der Waals surface area contributed by atoms with Crippen molar-refractivity contribution in [1.82, 2.24) is 4.90 Å². The number of hydrogen-bond acceptors (Lipinski definition) is 4. The minimum atomic E-state index is 0.0194. The third-order valence-electron chi connectivity index (χ3n) is 4.77. The lowest BCUT2D eigenvalue weighted by molar-refractivity contribution is -0.132. The molecule has 1 amide bonds. The van der Waals surface area contributed by atoms with E-state index in [-0.39, 0.29) is 19.1 Å². The summed E-state index contributed by atoms with van der Waals surface area (Å²) in [7, 11) is 1.60. The monoisotopic (exact) mass is 355 g/mol. The van der Waals surface area contributed by atoms with Crippen molar-refractivity contribution in [2.24, 2.45) is 5.92 Å². The number of ether oxygens (including phenoxy) is 2. The minimum Gasteiger partial charge on any atom is -0.497 e. The predicted octanol–water partition coefficient (Wildman–Crippen LogP) is 2.66. The van der Waals surface area contributed by atoms with Crippen LogP contribution in [0.4, 0.5) is 0 Å². The molecule has 5 heteroatoms. The topological polar surface area (TPSA) is 59.0 Å². The second-order valence-electron chi connectivity index (χ2n) is 6.64. The van der Waals surface area contributed by atoms with E-state index in [1.807, 2.05) is 35.2 Å². The van der Waals surface area contributed by atoms with E-state index in [4.69, 9.17) is 14.6 Å². The molecule has 1 heterocycles. The summed E-state index contributed by atoms with van der Waals surface area (Å²) in [4.78, 5) is 14.3. The molecule has 2 aromatic rings. The number of methoxy groups -OCH3 is 1. The fourth-order valence-corrected chi connectivity index (χ4v) is 3.27. The Labute approximate surface area is 154 Å². The summed E-state index contributed by atoms with van der Waals surface area (Å²) in [5.41, 5.74) is 2.17. The van der Waals surface area contributed by atoms with Gasteiger partial charge in [-0.3, -0.25) is 4.79 Å². The second kappa shape index (κ2) is 8.72. The summed E-state index contributed by atoms with van der Waals surface area (Å²) in [5, 5.41) is 9.11. The van der Waals surface area contributed by atoms with Crippen LogP contribution in [0.3, 0.4) is 0 Å². The van der Waals surface area contributed by atoms with Crippen LogP contribution in [-0.4, -0.2) is 42.7 Å². The van der Waals surface area contributed by atoms with Gasteiger partial charge in [0.05, 0.1) is 13.7 Å². The molecule has 0 bridgehead atoms. The van der Waals surface area contributed by atoms with Gasteiger partial charge in [0.2, 0.25) is 0 Å². The number of amides is 1.